The summed E-state index contributed by atoms with van der Waals surface area (Å²) in [4.78, 5) is 12.7. The third-order valence-corrected chi connectivity index (χ3v) is 2.06. The topological polar surface area (TPSA) is 66.8 Å². The predicted octanol–water partition coefficient (Wildman–Crippen LogP) is -0.238. The van der Waals surface area contributed by atoms with E-state index in [0.717, 1.165) is 25.9 Å². The van der Waals surface area contributed by atoms with Gasteiger partial charge in [-0.25, -0.2) is 0 Å². The van der Waals surface area contributed by atoms with E-state index >= 15 is 0 Å². The van der Waals surface area contributed by atoms with Crippen molar-refractivity contribution >= 4 is 17.3 Å². The zero-order chi connectivity index (χ0) is 8.97. The Morgan fingerprint density at radius 1 is 1.50 bits per heavy atom. The second-order valence-electron chi connectivity index (χ2n) is 2.57. The minimum Gasteiger partial charge on any atom is -0.341 e. The summed E-state index contributed by atoms with van der Waals surface area (Å²) in [7, 11) is 0. The molecule has 0 aromatic heterocycles. The summed E-state index contributed by atoms with van der Waals surface area (Å²) in [5, 5.41) is 0. The summed E-state index contributed by atoms with van der Waals surface area (Å²) in [5.41, 5.74) is 0. The molecule has 0 spiro atoms. The van der Waals surface area contributed by atoms with Crippen LogP contribution in [0.25, 0.3) is 0 Å². The standard InChI is InChI=1S/C6H11NO4S/c8-6(5-11-12(9)10)7-3-1-2-4-7/h1-5H2,(H,9,10). The highest BCUT2D eigenvalue weighted by Gasteiger charge is 2.18. The van der Waals surface area contributed by atoms with E-state index in [1.807, 2.05) is 0 Å². The molecule has 0 aromatic carbocycles. The Morgan fingerprint density at radius 3 is 2.58 bits per heavy atom. The van der Waals surface area contributed by atoms with Gasteiger partial charge in [-0.3, -0.25) is 13.5 Å². The van der Waals surface area contributed by atoms with Gasteiger partial charge in [0, 0.05) is 13.1 Å². The van der Waals surface area contributed by atoms with Crippen LogP contribution in [0.2, 0.25) is 0 Å². The summed E-state index contributed by atoms with van der Waals surface area (Å²) in [6.45, 7) is 1.17. The highest BCUT2D eigenvalue weighted by Crippen LogP contribution is 2.07. The molecule has 1 rings (SSSR count). The third-order valence-electron chi connectivity index (χ3n) is 1.74. The molecule has 1 N–H and O–H groups in total. The minimum atomic E-state index is -2.33. The first-order valence-corrected chi connectivity index (χ1v) is 4.75. The number of nitrogens with zero attached hydrogens (tertiary/aromatic N) is 1. The predicted molar refractivity (Wildman–Crippen MR) is 42.5 cm³/mol. The average molecular weight is 193 g/mol. The van der Waals surface area contributed by atoms with Gasteiger partial charge < -0.3 is 4.90 Å². The molecule has 12 heavy (non-hydrogen) atoms. The van der Waals surface area contributed by atoms with Crippen molar-refractivity contribution in [3.8, 4) is 0 Å². The number of carbonyl (C=O) groups is 1. The van der Waals surface area contributed by atoms with Gasteiger partial charge in [-0.2, -0.15) is 4.21 Å². The van der Waals surface area contributed by atoms with Crippen LogP contribution in [0.5, 0.6) is 0 Å². The quantitative estimate of drug-likeness (QED) is 0.628. The van der Waals surface area contributed by atoms with E-state index in [0.29, 0.717) is 0 Å². The van der Waals surface area contributed by atoms with E-state index in [1.54, 1.807) is 4.90 Å². The van der Waals surface area contributed by atoms with Crippen molar-refractivity contribution in [3.63, 3.8) is 0 Å². The van der Waals surface area contributed by atoms with Crippen LogP contribution in [0.3, 0.4) is 0 Å². The highest BCUT2D eigenvalue weighted by molar-refractivity contribution is 7.74. The number of hydrogen-bond donors (Lipinski definition) is 1. The molecular formula is C6H11NO4S. The van der Waals surface area contributed by atoms with E-state index in [1.165, 1.54) is 0 Å². The Kier molecular flexibility index (Phi) is 3.64. The lowest BCUT2D eigenvalue weighted by molar-refractivity contribution is -0.132. The van der Waals surface area contributed by atoms with Gasteiger partial charge in [-0.15, -0.1) is 0 Å². The molecule has 1 atom stereocenters. The summed E-state index contributed by atoms with van der Waals surface area (Å²) in [5.74, 6) is -0.213. The molecule has 1 heterocycles. The third kappa shape index (κ3) is 2.88. The maximum Gasteiger partial charge on any atom is 0.302 e. The smallest absolute Gasteiger partial charge is 0.302 e. The summed E-state index contributed by atoms with van der Waals surface area (Å²) in [6, 6.07) is 0. The lowest BCUT2D eigenvalue weighted by Crippen LogP contribution is -2.31. The summed E-state index contributed by atoms with van der Waals surface area (Å²) < 4.78 is 22.5. The van der Waals surface area contributed by atoms with Crippen LogP contribution in [0.4, 0.5) is 0 Å². The highest BCUT2D eigenvalue weighted by atomic mass is 32.2. The lowest BCUT2D eigenvalue weighted by atomic mass is 10.4. The zero-order valence-corrected chi connectivity index (χ0v) is 7.38. The maximum atomic E-state index is 11.1. The molecule has 1 aliphatic rings. The number of rotatable bonds is 3. The maximum absolute atomic E-state index is 11.1. The molecule has 0 bridgehead atoms. The zero-order valence-electron chi connectivity index (χ0n) is 6.56. The van der Waals surface area contributed by atoms with Crippen LogP contribution in [0.1, 0.15) is 12.8 Å². The fraction of sp³-hybridized carbons (Fsp3) is 0.833. The van der Waals surface area contributed by atoms with Crippen molar-refractivity contribution in [2.24, 2.45) is 0 Å². The molecule has 1 aliphatic heterocycles. The number of hydrogen-bond acceptors (Lipinski definition) is 3. The van der Waals surface area contributed by atoms with E-state index in [4.69, 9.17) is 4.55 Å². The Bertz CT molecular complexity index is 190. The Morgan fingerprint density at radius 2 is 2.08 bits per heavy atom. The fourth-order valence-corrected chi connectivity index (χ4v) is 1.36. The number of carbonyl (C=O) groups excluding carboxylic acids is 1. The second kappa shape index (κ2) is 4.54. The van der Waals surface area contributed by atoms with Gasteiger partial charge in [-0.05, 0) is 12.8 Å². The van der Waals surface area contributed by atoms with Crippen molar-refractivity contribution in [2.45, 2.75) is 12.8 Å². The van der Waals surface area contributed by atoms with Crippen molar-refractivity contribution in [3.05, 3.63) is 0 Å². The first kappa shape index (κ1) is 9.63. The van der Waals surface area contributed by atoms with Crippen molar-refractivity contribution < 1.29 is 17.7 Å². The van der Waals surface area contributed by atoms with Gasteiger partial charge in [0.2, 0.25) is 5.91 Å². The molecule has 5 nitrogen and oxygen atoms in total. The van der Waals surface area contributed by atoms with Crippen molar-refractivity contribution in [1.82, 2.24) is 4.90 Å². The van der Waals surface area contributed by atoms with Gasteiger partial charge in [0.1, 0.15) is 6.61 Å². The van der Waals surface area contributed by atoms with E-state index in [9.17, 15) is 9.00 Å². The largest absolute Gasteiger partial charge is 0.341 e. The molecule has 1 amide bonds. The second-order valence-corrected chi connectivity index (χ2v) is 3.24. The Labute approximate surface area is 73.2 Å². The van der Waals surface area contributed by atoms with Gasteiger partial charge >= 0.3 is 11.4 Å². The fourth-order valence-electron chi connectivity index (χ4n) is 1.16. The number of likely N-dealkylation sites (tertiary alicyclic amines) is 1. The molecule has 6 heteroatoms. The molecule has 1 unspecified atom stereocenters. The van der Waals surface area contributed by atoms with Gasteiger partial charge in [0.05, 0.1) is 0 Å². The summed E-state index contributed by atoms with van der Waals surface area (Å²) >= 11 is -2.33. The molecule has 0 aliphatic carbocycles. The Balaban J connectivity index is 2.23. The SMILES string of the molecule is O=C(COS(=O)O)N1CCCC1. The molecule has 1 fully saturated rings. The van der Waals surface area contributed by atoms with E-state index < -0.39 is 11.4 Å². The molecular weight excluding hydrogens is 182 g/mol. The van der Waals surface area contributed by atoms with Crippen LogP contribution < -0.4 is 0 Å². The lowest BCUT2D eigenvalue weighted by Gasteiger charge is -2.13. The normalized spacial score (nSPS) is 19.6. The number of amides is 1. The van der Waals surface area contributed by atoms with E-state index in [2.05, 4.69) is 4.18 Å². The average Bonchev–Trinajstić information content (AvgIpc) is 2.51. The van der Waals surface area contributed by atoms with Crippen LogP contribution in [-0.2, 0) is 20.3 Å². The molecule has 0 radical (unpaired) electrons. The Hall–Kier alpha value is -0.460. The molecule has 0 saturated carbocycles. The molecule has 1 saturated heterocycles. The monoisotopic (exact) mass is 193 g/mol. The van der Waals surface area contributed by atoms with Gasteiger partial charge in [0.15, 0.2) is 0 Å². The first-order valence-electron chi connectivity index (χ1n) is 3.72. The van der Waals surface area contributed by atoms with Crippen molar-refractivity contribution in [1.29, 1.82) is 0 Å². The van der Waals surface area contributed by atoms with Gasteiger partial charge in [-0.1, -0.05) is 0 Å². The van der Waals surface area contributed by atoms with E-state index in [-0.39, 0.29) is 12.5 Å². The molecule has 0 aromatic rings. The minimum absolute atomic E-state index is 0.213. The van der Waals surface area contributed by atoms with Crippen molar-refractivity contribution in [2.75, 3.05) is 19.7 Å². The van der Waals surface area contributed by atoms with Crippen LogP contribution >= 0.6 is 0 Å². The van der Waals surface area contributed by atoms with Gasteiger partial charge in [0.25, 0.3) is 0 Å². The van der Waals surface area contributed by atoms with Crippen LogP contribution in [-0.4, -0.2) is 39.3 Å². The van der Waals surface area contributed by atoms with Crippen LogP contribution in [0, 0.1) is 0 Å². The first-order chi connectivity index (χ1) is 5.70. The van der Waals surface area contributed by atoms with Crippen LogP contribution in [0.15, 0.2) is 0 Å². The summed E-state index contributed by atoms with van der Waals surface area (Å²) in [6.07, 6.45) is 2.02. The molecule has 70 valence electrons.